The van der Waals surface area contributed by atoms with Crippen LogP contribution >= 0.6 is 0 Å². The average Bonchev–Trinajstić information content (AvgIpc) is 2.68. The Bertz CT molecular complexity index is 1060. The summed E-state index contributed by atoms with van der Waals surface area (Å²) in [7, 11) is -3.70. The lowest BCUT2D eigenvalue weighted by atomic mass is 10.0. The monoisotopic (exact) mass is 368 g/mol. The Balaban J connectivity index is 1.89. The van der Waals surface area contributed by atoms with E-state index in [9.17, 15) is 8.42 Å². The van der Waals surface area contributed by atoms with E-state index in [-0.39, 0.29) is 4.90 Å². The van der Waals surface area contributed by atoms with Gasteiger partial charge in [-0.2, -0.15) is 0 Å². The van der Waals surface area contributed by atoms with Gasteiger partial charge in [0, 0.05) is 18.1 Å². The van der Waals surface area contributed by atoms with Gasteiger partial charge in [0.25, 0.3) is 10.0 Å². The molecule has 1 aliphatic rings. The van der Waals surface area contributed by atoms with E-state index < -0.39 is 10.0 Å². The van der Waals surface area contributed by atoms with Gasteiger partial charge in [-0.05, 0) is 55.7 Å². The second kappa shape index (κ2) is 6.61. The van der Waals surface area contributed by atoms with E-state index in [2.05, 4.69) is 4.98 Å². The fourth-order valence-corrected chi connectivity index (χ4v) is 5.21. The van der Waals surface area contributed by atoms with Gasteiger partial charge < -0.3 is 4.74 Å². The Labute approximate surface area is 153 Å². The zero-order chi connectivity index (χ0) is 18.1. The smallest absolute Gasteiger partial charge is 0.265 e. The van der Waals surface area contributed by atoms with Gasteiger partial charge in [0.1, 0.15) is 11.3 Å². The number of nitrogens with zero attached hydrogens (tertiary/aromatic N) is 2. The second-order valence-corrected chi connectivity index (χ2v) is 8.03. The molecule has 0 saturated heterocycles. The number of sulfonamides is 1. The lowest BCUT2D eigenvalue weighted by Gasteiger charge is -2.30. The Kier molecular flexibility index (Phi) is 4.28. The number of fused-ring (bicyclic) bond motifs is 2. The number of hydrogen-bond donors (Lipinski definition) is 0. The van der Waals surface area contributed by atoms with E-state index >= 15 is 0 Å². The summed E-state index contributed by atoms with van der Waals surface area (Å²) in [6.07, 6.45) is 3.36. The minimum absolute atomic E-state index is 0.265. The van der Waals surface area contributed by atoms with Crippen LogP contribution < -0.4 is 9.04 Å². The van der Waals surface area contributed by atoms with Crippen molar-refractivity contribution in [3.63, 3.8) is 0 Å². The highest BCUT2D eigenvalue weighted by molar-refractivity contribution is 7.93. The fourth-order valence-electron chi connectivity index (χ4n) is 3.48. The van der Waals surface area contributed by atoms with Gasteiger partial charge in [-0.1, -0.05) is 18.2 Å². The third kappa shape index (κ3) is 2.70. The third-order valence-electron chi connectivity index (χ3n) is 4.63. The van der Waals surface area contributed by atoms with Gasteiger partial charge in [-0.25, -0.2) is 8.42 Å². The Morgan fingerprint density at radius 3 is 2.81 bits per heavy atom. The van der Waals surface area contributed by atoms with Crippen LogP contribution in [0.1, 0.15) is 18.9 Å². The summed E-state index contributed by atoms with van der Waals surface area (Å²) < 4.78 is 34.1. The first-order chi connectivity index (χ1) is 12.6. The molecular weight excluding hydrogens is 348 g/mol. The van der Waals surface area contributed by atoms with Crippen molar-refractivity contribution in [2.75, 3.05) is 17.5 Å². The number of para-hydroxylation sites is 1. The molecule has 0 atom stereocenters. The standard InChI is InChI=1S/C20H20N2O3S/c1-2-25-18-11-12-19(16-9-5-13-21-20(16)18)26(23,24)22-14-6-8-15-7-3-4-10-17(15)22/h3-5,7,9-13H,2,6,8,14H2,1H3. The van der Waals surface area contributed by atoms with Crippen LogP contribution in [0.25, 0.3) is 10.9 Å². The molecule has 1 aromatic heterocycles. The molecule has 0 unspecified atom stereocenters. The van der Waals surface area contributed by atoms with E-state index in [1.54, 1.807) is 30.5 Å². The minimum atomic E-state index is -3.70. The number of aromatic nitrogens is 1. The number of hydrogen-bond acceptors (Lipinski definition) is 4. The molecule has 6 heteroatoms. The molecule has 0 saturated carbocycles. The van der Waals surface area contributed by atoms with E-state index in [1.807, 2.05) is 31.2 Å². The summed E-state index contributed by atoms with van der Waals surface area (Å²) >= 11 is 0. The summed E-state index contributed by atoms with van der Waals surface area (Å²) in [5, 5.41) is 0.585. The molecule has 134 valence electrons. The predicted octanol–water partition coefficient (Wildman–Crippen LogP) is 3.78. The van der Waals surface area contributed by atoms with Gasteiger partial charge in [0.05, 0.1) is 17.2 Å². The van der Waals surface area contributed by atoms with Gasteiger partial charge in [-0.15, -0.1) is 0 Å². The average molecular weight is 368 g/mol. The summed E-state index contributed by atoms with van der Waals surface area (Å²) in [5.41, 5.74) is 2.40. The zero-order valence-corrected chi connectivity index (χ0v) is 15.4. The molecule has 0 fully saturated rings. The van der Waals surface area contributed by atoms with Crippen molar-refractivity contribution < 1.29 is 13.2 Å². The summed E-state index contributed by atoms with van der Waals surface area (Å²) in [4.78, 5) is 4.62. The highest BCUT2D eigenvalue weighted by Crippen LogP contribution is 2.36. The van der Waals surface area contributed by atoms with Crippen LogP contribution in [-0.2, 0) is 16.4 Å². The van der Waals surface area contributed by atoms with Crippen LogP contribution in [-0.4, -0.2) is 26.6 Å². The first-order valence-electron chi connectivity index (χ1n) is 8.74. The number of aryl methyl sites for hydroxylation is 1. The molecule has 0 radical (unpaired) electrons. The molecule has 0 N–H and O–H groups in total. The van der Waals surface area contributed by atoms with Crippen molar-refractivity contribution in [3.8, 4) is 5.75 Å². The van der Waals surface area contributed by atoms with Crippen LogP contribution in [0, 0.1) is 0 Å². The van der Waals surface area contributed by atoms with Gasteiger partial charge >= 0.3 is 0 Å². The first kappa shape index (κ1) is 16.8. The van der Waals surface area contributed by atoms with E-state index in [0.717, 1.165) is 24.1 Å². The Morgan fingerprint density at radius 2 is 1.96 bits per heavy atom. The molecule has 0 amide bonds. The normalized spacial score (nSPS) is 14.3. The lowest BCUT2D eigenvalue weighted by Crippen LogP contribution is -2.35. The molecule has 2 heterocycles. The van der Waals surface area contributed by atoms with Gasteiger partial charge in [0.15, 0.2) is 0 Å². The molecule has 5 nitrogen and oxygen atoms in total. The summed E-state index contributed by atoms with van der Waals surface area (Å²) in [6, 6.07) is 14.6. The maximum absolute atomic E-state index is 13.5. The topological polar surface area (TPSA) is 59.5 Å². The minimum Gasteiger partial charge on any atom is -0.492 e. The molecular formula is C20H20N2O3S. The Morgan fingerprint density at radius 1 is 1.12 bits per heavy atom. The highest BCUT2D eigenvalue weighted by Gasteiger charge is 2.30. The molecule has 1 aliphatic heterocycles. The van der Waals surface area contributed by atoms with Gasteiger partial charge in [-0.3, -0.25) is 9.29 Å². The van der Waals surface area contributed by atoms with E-state index in [0.29, 0.717) is 29.8 Å². The summed E-state index contributed by atoms with van der Waals surface area (Å²) in [5.74, 6) is 0.598. The number of benzene rings is 2. The number of ether oxygens (including phenoxy) is 1. The largest absolute Gasteiger partial charge is 0.492 e. The van der Waals surface area contributed by atoms with E-state index in [4.69, 9.17) is 4.74 Å². The van der Waals surface area contributed by atoms with Crippen molar-refractivity contribution in [2.45, 2.75) is 24.7 Å². The zero-order valence-electron chi connectivity index (χ0n) is 14.6. The molecule has 4 rings (SSSR count). The maximum atomic E-state index is 13.5. The van der Waals surface area contributed by atoms with Crippen LogP contribution in [0.15, 0.2) is 59.6 Å². The SMILES string of the molecule is CCOc1ccc(S(=O)(=O)N2CCCc3ccccc32)c2cccnc12. The van der Waals surface area contributed by atoms with Crippen molar-refractivity contribution >= 4 is 26.6 Å². The van der Waals surface area contributed by atoms with Crippen molar-refractivity contribution in [3.05, 3.63) is 60.3 Å². The molecule has 0 spiro atoms. The summed E-state index contributed by atoms with van der Waals surface area (Å²) in [6.45, 7) is 2.87. The fraction of sp³-hybridized carbons (Fsp3) is 0.250. The number of pyridine rings is 1. The molecule has 0 aliphatic carbocycles. The first-order valence-corrected chi connectivity index (χ1v) is 10.2. The lowest BCUT2D eigenvalue weighted by molar-refractivity contribution is 0.343. The van der Waals surface area contributed by atoms with Crippen molar-refractivity contribution in [1.82, 2.24) is 4.98 Å². The third-order valence-corrected chi connectivity index (χ3v) is 6.50. The molecule has 0 bridgehead atoms. The van der Waals surface area contributed by atoms with E-state index in [1.165, 1.54) is 4.31 Å². The number of anilines is 1. The van der Waals surface area contributed by atoms with Crippen LogP contribution in [0.4, 0.5) is 5.69 Å². The second-order valence-electron chi connectivity index (χ2n) is 6.20. The maximum Gasteiger partial charge on any atom is 0.265 e. The molecule has 2 aromatic carbocycles. The van der Waals surface area contributed by atoms with Crippen molar-refractivity contribution in [1.29, 1.82) is 0 Å². The van der Waals surface area contributed by atoms with Crippen molar-refractivity contribution in [2.24, 2.45) is 0 Å². The quantitative estimate of drug-likeness (QED) is 0.703. The van der Waals surface area contributed by atoms with Gasteiger partial charge in [0.2, 0.25) is 0 Å². The highest BCUT2D eigenvalue weighted by atomic mass is 32.2. The van der Waals surface area contributed by atoms with Crippen LogP contribution in [0.2, 0.25) is 0 Å². The number of rotatable bonds is 4. The molecule has 26 heavy (non-hydrogen) atoms. The Hall–Kier alpha value is -2.60. The molecule has 3 aromatic rings. The predicted molar refractivity (Wildman–Crippen MR) is 102 cm³/mol. The van der Waals surface area contributed by atoms with Crippen LogP contribution in [0.3, 0.4) is 0 Å². The van der Waals surface area contributed by atoms with Crippen LogP contribution in [0.5, 0.6) is 5.75 Å².